The molecule has 0 aliphatic heterocycles. The molecule has 4 nitrogen and oxygen atoms in total. The van der Waals surface area contributed by atoms with E-state index in [0.717, 1.165) is 9.48 Å². The smallest absolute Gasteiger partial charge is 0.169 e. The summed E-state index contributed by atoms with van der Waals surface area (Å²) in [6, 6.07) is 4.12. The minimum atomic E-state index is -0.0535. The Hall–Kier alpha value is -0.880. The van der Waals surface area contributed by atoms with Crippen molar-refractivity contribution in [2.75, 3.05) is 5.73 Å². The van der Waals surface area contributed by atoms with Gasteiger partial charge in [-0.3, -0.25) is 0 Å². The zero-order chi connectivity index (χ0) is 12.6. The molecule has 0 saturated heterocycles. The highest BCUT2D eigenvalue weighted by atomic mass is 79.9. The summed E-state index contributed by atoms with van der Waals surface area (Å²) in [5.41, 5.74) is 6.82. The van der Waals surface area contributed by atoms with E-state index in [1.165, 1.54) is 4.88 Å². The van der Waals surface area contributed by atoms with Gasteiger partial charge in [0.1, 0.15) is 0 Å². The number of thiophene rings is 1. The Morgan fingerprint density at radius 3 is 2.65 bits per heavy atom. The molecule has 2 rings (SSSR count). The first-order valence-corrected chi connectivity index (χ1v) is 6.92. The van der Waals surface area contributed by atoms with Crippen molar-refractivity contribution < 1.29 is 0 Å². The third-order valence-electron chi connectivity index (χ3n) is 2.41. The Balaban J connectivity index is 2.34. The van der Waals surface area contributed by atoms with Crippen LogP contribution in [0.1, 0.15) is 31.3 Å². The van der Waals surface area contributed by atoms with Crippen molar-refractivity contribution in [1.29, 1.82) is 0 Å². The highest BCUT2D eigenvalue weighted by molar-refractivity contribution is 9.11. The number of aromatic nitrogens is 3. The quantitative estimate of drug-likeness (QED) is 0.927. The van der Waals surface area contributed by atoms with Gasteiger partial charge < -0.3 is 5.73 Å². The van der Waals surface area contributed by atoms with Crippen LogP contribution in [0.3, 0.4) is 0 Å². The fourth-order valence-electron chi connectivity index (χ4n) is 1.79. The Bertz CT molecular complexity index is 524. The van der Waals surface area contributed by atoms with Crippen LogP contribution >= 0.6 is 27.3 Å². The van der Waals surface area contributed by atoms with Crippen molar-refractivity contribution in [3.05, 3.63) is 26.5 Å². The predicted molar refractivity (Wildman–Crippen MR) is 74.3 cm³/mol. The molecule has 0 unspecified atom stereocenters. The average Bonchev–Trinajstić information content (AvgIpc) is 2.73. The van der Waals surface area contributed by atoms with Crippen LogP contribution in [0.2, 0.25) is 0 Å². The minimum Gasteiger partial charge on any atom is -0.381 e. The standard InChI is InChI=1S/C11H15BrN4S/c1-11(2,3)9-10(13)14-15-16(9)6-7-4-5-8(12)17-7/h4-5H,6,13H2,1-3H3. The molecule has 0 bridgehead atoms. The second-order valence-corrected chi connectivity index (χ2v) is 7.48. The molecule has 6 heteroatoms. The molecule has 0 fully saturated rings. The lowest BCUT2D eigenvalue weighted by Crippen LogP contribution is -2.20. The van der Waals surface area contributed by atoms with Crippen LogP contribution in [0.5, 0.6) is 0 Å². The van der Waals surface area contributed by atoms with Crippen molar-refractivity contribution in [2.45, 2.75) is 32.7 Å². The fraction of sp³-hybridized carbons (Fsp3) is 0.455. The largest absolute Gasteiger partial charge is 0.381 e. The van der Waals surface area contributed by atoms with Gasteiger partial charge >= 0.3 is 0 Å². The summed E-state index contributed by atoms with van der Waals surface area (Å²) >= 11 is 5.16. The number of halogens is 1. The Morgan fingerprint density at radius 2 is 2.12 bits per heavy atom. The molecule has 0 atom stereocenters. The number of nitrogen functional groups attached to an aromatic ring is 1. The van der Waals surface area contributed by atoms with Crippen LogP contribution in [0, 0.1) is 0 Å². The molecular weight excluding hydrogens is 300 g/mol. The van der Waals surface area contributed by atoms with Crippen LogP contribution in [0.4, 0.5) is 5.82 Å². The highest BCUT2D eigenvalue weighted by Gasteiger charge is 2.24. The summed E-state index contributed by atoms with van der Waals surface area (Å²) in [6.07, 6.45) is 0. The first-order chi connectivity index (χ1) is 7.88. The van der Waals surface area contributed by atoms with Gasteiger partial charge in [-0.2, -0.15) is 0 Å². The maximum absolute atomic E-state index is 5.89. The molecule has 0 saturated carbocycles. The number of hydrogen-bond donors (Lipinski definition) is 1. The highest BCUT2D eigenvalue weighted by Crippen LogP contribution is 2.28. The Morgan fingerprint density at radius 1 is 1.41 bits per heavy atom. The molecule has 2 N–H and O–H groups in total. The van der Waals surface area contributed by atoms with Crippen LogP contribution in [-0.4, -0.2) is 15.0 Å². The fourth-order valence-corrected chi connectivity index (χ4v) is 3.26. The van der Waals surface area contributed by atoms with Crippen molar-refractivity contribution in [1.82, 2.24) is 15.0 Å². The normalized spacial score (nSPS) is 12.0. The lowest BCUT2D eigenvalue weighted by molar-refractivity contribution is 0.504. The third kappa shape index (κ3) is 2.69. The van der Waals surface area contributed by atoms with Crippen LogP contribution < -0.4 is 5.73 Å². The van der Waals surface area contributed by atoms with E-state index < -0.39 is 0 Å². The van der Waals surface area contributed by atoms with E-state index in [1.54, 1.807) is 11.3 Å². The number of anilines is 1. The molecule has 0 aliphatic rings. The van der Waals surface area contributed by atoms with E-state index >= 15 is 0 Å². The van der Waals surface area contributed by atoms with Crippen molar-refractivity contribution in [3.63, 3.8) is 0 Å². The van der Waals surface area contributed by atoms with E-state index in [9.17, 15) is 0 Å². The molecule has 0 amide bonds. The Kier molecular flexibility index (Phi) is 3.27. The molecule has 2 aromatic rings. The van der Waals surface area contributed by atoms with Gasteiger partial charge in [-0.25, -0.2) is 4.68 Å². The van der Waals surface area contributed by atoms with E-state index in [1.807, 2.05) is 10.7 Å². The zero-order valence-electron chi connectivity index (χ0n) is 10.1. The lowest BCUT2D eigenvalue weighted by Gasteiger charge is -2.19. The van der Waals surface area contributed by atoms with Gasteiger partial charge in [0.05, 0.1) is 16.0 Å². The minimum absolute atomic E-state index is 0.0535. The molecule has 0 aromatic carbocycles. The molecule has 92 valence electrons. The molecule has 0 spiro atoms. The number of hydrogen-bond acceptors (Lipinski definition) is 4. The van der Waals surface area contributed by atoms with Crippen LogP contribution in [-0.2, 0) is 12.0 Å². The topological polar surface area (TPSA) is 56.7 Å². The first-order valence-electron chi connectivity index (χ1n) is 5.31. The van der Waals surface area contributed by atoms with E-state index in [-0.39, 0.29) is 5.41 Å². The maximum Gasteiger partial charge on any atom is 0.169 e. The number of rotatable bonds is 2. The van der Waals surface area contributed by atoms with Gasteiger partial charge in [-0.05, 0) is 28.1 Å². The summed E-state index contributed by atoms with van der Waals surface area (Å²) in [5, 5.41) is 8.09. The van der Waals surface area contributed by atoms with Gasteiger partial charge in [0.2, 0.25) is 0 Å². The van der Waals surface area contributed by atoms with Gasteiger partial charge in [0.15, 0.2) is 5.82 Å². The number of nitrogens with two attached hydrogens (primary N) is 1. The molecule has 2 heterocycles. The third-order valence-corrected chi connectivity index (χ3v) is 4.01. The Labute approximate surface area is 113 Å². The van der Waals surface area contributed by atoms with Crippen LogP contribution in [0.15, 0.2) is 15.9 Å². The summed E-state index contributed by atoms with van der Waals surface area (Å²) in [4.78, 5) is 1.23. The summed E-state index contributed by atoms with van der Waals surface area (Å²) in [6.45, 7) is 7.06. The average molecular weight is 315 g/mol. The summed E-state index contributed by atoms with van der Waals surface area (Å²) in [5.74, 6) is 0.521. The first kappa shape index (κ1) is 12.6. The van der Waals surface area contributed by atoms with Crippen molar-refractivity contribution in [2.24, 2.45) is 0 Å². The second kappa shape index (κ2) is 4.42. The lowest BCUT2D eigenvalue weighted by atomic mass is 9.92. The van der Waals surface area contributed by atoms with Crippen molar-refractivity contribution in [3.8, 4) is 0 Å². The SMILES string of the molecule is CC(C)(C)c1c(N)nnn1Cc1ccc(Br)s1. The molecule has 17 heavy (non-hydrogen) atoms. The second-order valence-electron chi connectivity index (χ2n) is 4.94. The number of nitrogens with zero attached hydrogens (tertiary/aromatic N) is 3. The van der Waals surface area contributed by atoms with Gasteiger partial charge in [0, 0.05) is 10.3 Å². The molecule has 0 aliphatic carbocycles. The molecular formula is C11H15BrN4S. The maximum atomic E-state index is 5.89. The van der Waals surface area contributed by atoms with E-state index in [0.29, 0.717) is 12.4 Å². The van der Waals surface area contributed by atoms with Gasteiger partial charge in [-0.15, -0.1) is 16.4 Å². The van der Waals surface area contributed by atoms with Crippen LogP contribution in [0.25, 0.3) is 0 Å². The van der Waals surface area contributed by atoms with Gasteiger partial charge in [-0.1, -0.05) is 26.0 Å². The monoisotopic (exact) mass is 314 g/mol. The molecule has 0 radical (unpaired) electrons. The summed E-state index contributed by atoms with van der Waals surface area (Å²) in [7, 11) is 0. The molecule has 2 aromatic heterocycles. The summed E-state index contributed by atoms with van der Waals surface area (Å²) < 4.78 is 3.01. The van der Waals surface area contributed by atoms with E-state index in [4.69, 9.17) is 5.73 Å². The van der Waals surface area contributed by atoms with E-state index in [2.05, 4.69) is 53.1 Å². The predicted octanol–water partition coefficient (Wildman–Crippen LogP) is 3.03. The van der Waals surface area contributed by atoms with Gasteiger partial charge in [0.25, 0.3) is 0 Å². The zero-order valence-corrected chi connectivity index (χ0v) is 12.5. The van der Waals surface area contributed by atoms with Crippen molar-refractivity contribution >= 4 is 33.1 Å².